The van der Waals surface area contributed by atoms with Crippen molar-refractivity contribution >= 4 is 0 Å². The van der Waals surface area contributed by atoms with Crippen LogP contribution in [0.2, 0.25) is 0 Å². The summed E-state index contributed by atoms with van der Waals surface area (Å²) in [5.74, 6) is 0. The van der Waals surface area contributed by atoms with Gasteiger partial charge in [0.1, 0.15) is 0 Å². The first-order valence-corrected chi connectivity index (χ1v) is 2.80. The highest BCUT2D eigenvalue weighted by molar-refractivity contribution is 4.73. The van der Waals surface area contributed by atoms with E-state index >= 15 is 0 Å². The van der Waals surface area contributed by atoms with Gasteiger partial charge < -0.3 is 5.73 Å². The summed E-state index contributed by atoms with van der Waals surface area (Å²) in [6.45, 7) is 1.79. The molecule has 1 atom stereocenters. The Hall–Kier alpha value is -0.0800. The van der Waals surface area contributed by atoms with Gasteiger partial charge in [0.05, 0.1) is 0 Å². The molecule has 0 aromatic rings. The fourth-order valence-electron chi connectivity index (χ4n) is 0.884. The average molecular weight is 99.2 g/mol. The summed E-state index contributed by atoms with van der Waals surface area (Å²) >= 11 is 0. The molecule has 1 rings (SSSR count). The summed E-state index contributed by atoms with van der Waals surface area (Å²) in [5, 5.41) is 4.23. The van der Waals surface area contributed by atoms with Gasteiger partial charge in [0, 0.05) is 19.1 Å². The Bertz CT molecular complexity index is 48.0. The lowest BCUT2D eigenvalue weighted by atomic mass is 10.2. The normalized spacial score (nSPS) is 31.3. The lowest BCUT2D eigenvalue weighted by Crippen LogP contribution is -2.24. The summed E-state index contributed by atoms with van der Waals surface area (Å²) in [4.78, 5) is 0. The predicted octanol–water partition coefficient (Wildman–Crippen LogP) is -0.288. The van der Waals surface area contributed by atoms with E-state index in [0.29, 0.717) is 6.04 Å². The van der Waals surface area contributed by atoms with Crippen molar-refractivity contribution in [1.82, 2.24) is 5.32 Å². The molecule has 0 aromatic heterocycles. The van der Waals surface area contributed by atoms with Crippen LogP contribution in [0.25, 0.3) is 0 Å². The minimum atomic E-state index is 0.500. The van der Waals surface area contributed by atoms with Gasteiger partial charge in [-0.2, -0.15) is 0 Å². The molecule has 2 nitrogen and oxygen atoms in total. The average Bonchev–Trinajstić information content (AvgIpc) is 2.14. The van der Waals surface area contributed by atoms with Crippen molar-refractivity contribution in [3.8, 4) is 0 Å². The molecule has 1 radical (unpaired) electrons. The van der Waals surface area contributed by atoms with Crippen LogP contribution in [-0.4, -0.2) is 19.1 Å². The maximum absolute atomic E-state index is 5.34. The van der Waals surface area contributed by atoms with Gasteiger partial charge in [0.25, 0.3) is 0 Å². The van der Waals surface area contributed by atoms with Gasteiger partial charge >= 0.3 is 0 Å². The van der Waals surface area contributed by atoms with Crippen LogP contribution < -0.4 is 11.1 Å². The standard InChI is InChI=1S/C5H11N2/c6-4-5-2-1-3-7-5/h5H,1-4,6H2/t5-/m1/s1. The summed E-state index contributed by atoms with van der Waals surface area (Å²) in [5.41, 5.74) is 5.34. The van der Waals surface area contributed by atoms with Gasteiger partial charge in [-0.15, -0.1) is 0 Å². The van der Waals surface area contributed by atoms with Crippen molar-refractivity contribution in [2.24, 2.45) is 5.73 Å². The smallest absolute Gasteiger partial charge is 0.0369 e. The van der Waals surface area contributed by atoms with E-state index in [9.17, 15) is 0 Å². The van der Waals surface area contributed by atoms with Crippen LogP contribution >= 0.6 is 0 Å². The summed E-state index contributed by atoms with van der Waals surface area (Å²) in [6.07, 6.45) is 2.47. The highest BCUT2D eigenvalue weighted by atomic mass is 15.0. The Kier molecular flexibility index (Phi) is 1.65. The van der Waals surface area contributed by atoms with E-state index in [1.165, 1.54) is 12.8 Å². The molecule has 0 spiro atoms. The Morgan fingerprint density at radius 1 is 1.71 bits per heavy atom. The second kappa shape index (κ2) is 2.28. The summed E-state index contributed by atoms with van der Waals surface area (Å²) < 4.78 is 0. The van der Waals surface area contributed by atoms with E-state index in [2.05, 4.69) is 5.32 Å². The molecule has 1 aliphatic heterocycles. The number of nitrogens with two attached hydrogens (primary N) is 1. The van der Waals surface area contributed by atoms with Crippen molar-refractivity contribution in [2.75, 3.05) is 13.1 Å². The minimum absolute atomic E-state index is 0.500. The number of nitrogens with zero attached hydrogens (tertiary/aromatic N) is 1. The van der Waals surface area contributed by atoms with Crippen molar-refractivity contribution in [1.29, 1.82) is 0 Å². The Morgan fingerprint density at radius 2 is 2.57 bits per heavy atom. The quantitative estimate of drug-likeness (QED) is 0.482. The molecule has 2 N–H and O–H groups in total. The SMILES string of the molecule is NC[C@H]1CCC[N]1. The van der Waals surface area contributed by atoms with E-state index in [0.717, 1.165) is 13.1 Å². The molecule has 1 saturated heterocycles. The largest absolute Gasteiger partial charge is 0.329 e. The topological polar surface area (TPSA) is 40.1 Å². The Morgan fingerprint density at radius 3 is 2.86 bits per heavy atom. The Balaban J connectivity index is 2.14. The maximum atomic E-state index is 5.34. The maximum Gasteiger partial charge on any atom is 0.0369 e. The zero-order valence-corrected chi connectivity index (χ0v) is 4.43. The van der Waals surface area contributed by atoms with Crippen LogP contribution in [0, 0.1) is 0 Å². The van der Waals surface area contributed by atoms with Crippen LogP contribution in [-0.2, 0) is 0 Å². The molecule has 7 heavy (non-hydrogen) atoms. The van der Waals surface area contributed by atoms with Crippen molar-refractivity contribution < 1.29 is 0 Å². The van der Waals surface area contributed by atoms with Crippen molar-refractivity contribution in [3.05, 3.63) is 0 Å². The second-order valence-electron chi connectivity index (χ2n) is 1.94. The third-order valence-corrected chi connectivity index (χ3v) is 1.35. The molecule has 0 aromatic carbocycles. The van der Waals surface area contributed by atoms with E-state index < -0.39 is 0 Å². The van der Waals surface area contributed by atoms with Crippen LogP contribution in [0.4, 0.5) is 0 Å². The highest BCUT2D eigenvalue weighted by Crippen LogP contribution is 2.03. The van der Waals surface area contributed by atoms with Crippen LogP contribution in [0.5, 0.6) is 0 Å². The van der Waals surface area contributed by atoms with Gasteiger partial charge in [-0.1, -0.05) is 0 Å². The lowest BCUT2D eigenvalue weighted by Gasteiger charge is -1.99. The van der Waals surface area contributed by atoms with Gasteiger partial charge in [-0.25, -0.2) is 5.32 Å². The first-order chi connectivity index (χ1) is 3.43. The number of hydrogen-bond acceptors (Lipinski definition) is 1. The molecule has 0 saturated carbocycles. The van der Waals surface area contributed by atoms with Crippen LogP contribution in [0.3, 0.4) is 0 Å². The predicted molar refractivity (Wildman–Crippen MR) is 29.1 cm³/mol. The van der Waals surface area contributed by atoms with Gasteiger partial charge in [0.15, 0.2) is 0 Å². The number of rotatable bonds is 1. The van der Waals surface area contributed by atoms with Crippen LogP contribution in [0.1, 0.15) is 12.8 Å². The summed E-state index contributed by atoms with van der Waals surface area (Å²) in [6, 6.07) is 0.500. The first-order valence-electron chi connectivity index (χ1n) is 2.80. The highest BCUT2D eigenvalue weighted by Gasteiger charge is 2.11. The molecule has 0 aliphatic carbocycles. The second-order valence-corrected chi connectivity index (χ2v) is 1.94. The molecule has 1 aliphatic rings. The van der Waals surface area contributed by atoms with Gasteiger partial charge in [-0.05, 0) is 12.8 Å². The molecule has 41 valence electrons. The first kappa shape index (κ1) is 5.06. The van der Waals surface area contributed by atoms with Gasteiger partial charge in [0.2, 0.25) is 0 Å². The minimum Gasteiger partial charge on any atom is -0.329 e. The summed E-state index contributed by atoms with van der Waals surface area (Å²) in [7, 11) is 0. The number of hydrogen-bond donors (Lipinski definition) is 1. The van der Waals surface area contributed by atoms with Crippen LogP contribution in [0.15, 0.2) is 0 Å². The van der Waals surface area contributed by atoms with E-state index in [4.69, 9.17) is 5.73 Å². The zero-order valence-electron chi connectivity index (χ0n) is 4.43. The molecule has 2 heteroatoms. The molecular weight excluding hydrogens is 88.1 g/mol. The zero-order chi connectivity index (χ0) is 5.11. The molecular formula is C5H11N2. The lowest BCUT2D eigenvalue weighted by molar-refractivity contribution is 0.606. The van der Waals surface area contributed by atoms with E-state index in [-0.39, 0.29) is 0 Å². The van der Waals surface area contributed by atoms with Crippen molar-refractivity contribution in [2.45, 2.75) is 18.9 Å². The third-order valence-electron chi connectivity index (χ3n) is 1.35. The van der Waals surface area contributed by atoms with Crippen molar-refractivity contribution in [3.63, 3.8) is 0 Å². The fraction of sp³-hybridized carbons (Fsp3) is 1.00. The third kappa shape index (κ3) is 1.14. The molecule has 0 bridgehead atoms. The molecule has 1 heterocycles. The molecule has 0 amide bonds. The monoisotopic (exact) mass is 99.1 g/mol. The van der Waals surface area contributed by atoms with E-state index in [1.54, 1.807) is 0 Å². The molecule has 0 unspecified atom stereocenters. The van der Waals surface area contributed by atoms with E-state index in [1.807, 2.05) is 0 Å². The molecule has 1 fully saturated rings. The Labute approximate surface area is 44.1 Å². The van der Waals surface area contributed by atoms with Gasteiger partial charge in [-0.3, -0.25) is 0 Å². The fourth-order valence-corrected chi connectivity index (χ4v) is 0.884.